The molecule has 1 aromatic carbocycles. The summed E-state index contributed by atoms with van der Waals surface area (Å²) in [5, 5.41) is 0. The van der Waals surface area contributed by atoms with Crippen molar-refractivity contribution in [3.8, 4) is 0 Å². The van der Waals surface area contributed by atoms with Gasteiger partial charge in [0.1, 0.15) is 0 Å². The maximum atomic E-state index is 5.94. The molecule has 3 heteroatoms. The minimum atomic E-state index is 0.682. The predicted molar refractivity (Wildman–Crippen MR) is 72.8 cm³/mol. The van der Waals surface area contributed by atoms with Gasteiger partial charge in [0.25, 0.3) is 0 Å². The lowest BCUT2D eigenvalue weighted by molar-refractivity contribution is 0.224. The minimum Gasteiger partial charge on any atom is -0.399 e. The summed E-state index contributed by atoms with van der Waals surface area (Å²) in [6.45, 7) is 6.59. The van der Waals surface area contributed by atoms with Gasteiger partial charge in [0.15, 0.2) is 0 Å². The van der Waals surface area contributed by atoms with Crippen molar-refractivity contribution in [2.75, 3.05) is 23.8 Å². The summed E-state index contributed by atoms with van der Waals surface area (Å²) in [6.07, 6.45) is 0. The summed E-state index contributed by atoms with van der Waals surface area (Å²) in [4.78, 5) is 2.54. The first-order chi connectivity index (χ1) is 7.66. The first kappa shape index (κ1) is 11.8. The Hall–Kier alpha value is -0.670. The third kappa shape index (κ3) is 2.71. The first-order valence-electron chi connectivity index (χ1n) is 5.83. The molecule has 1 heterocycles. The molecule has 1 saturated heterocycles. The topological polar surface area (TPSA) is 29.3 Å². The molecule has 1 aromatic rings. The van der Waals surface area contributed by atoms with Gasteiger partial charge in [0, 0.05) is 36.3 Å². The Bertz CT molecular complexity index is 365. The summed E-state index contributed by atoms with van der Waals surface area (Å²) in [6, 6.07) is 7.11. The summed E-state index contributed by atoms with van der Waals surface area (Å²) < 4.78 is 0. The van der Waals surface area contributed by atoms with Crippen molar-refractivity contribution in [3.05, 3.63) is 29.3 Å². The summed E-state index contributed by atoms with van der Waals surface area (Å²) >= 11 is 2.06. The van der Waals surface area contributed by atoms with Crippen LogP contribution in [0.15, 0.2) is 18.2 Å². The van der Waals surface area contributed by atoms with E-state index >= 15 is 0 Å². The van der Waals surface area contributed by atoms with Crippen LogP contribution in [-0.4, -0.2) is 29.0 Å². The number of hydrogen-bond acceptors (Lipinski definition) is 3. The van der Waals surface area contributed by atoms with Crippen molar-refractivity contribution < 1.29 is 0 Å². The lowest BCUT2D eigenvalue weighted by atomic mass is 10.1. The molecule has 88 valence electrons. The summed E-state index contributed by atoms with van der Waals surface area (Å²) in [7, 11) is 0. The number of aryl methyl sites for hydroxylation is 1. The summed E-state index contributed by atoms with van der Waals surface area (Å²) in [5.41, 5.74) is 9.36. The molecule has 0 aliphatic carbocycles. The van der Waals surface area contributed by atoms with E-state index in [-0.39, 0.29) is 0 Å². The number of nitrogens with two attached hydrogens (primary N) is 1. The van der Waals surface area contributed by atoms with Crippen molar-refractivity contribution in [3.63, 3.8) is 0 Å². The van der Waals surface area contributed by atoms with Crippen molar-refractivity contribution in [1.29, 1.82) is 0 Å². The lowest BCUT2D eigenvalue weighted by Gasteiger charge is -2.33. The smallest absolute Gasteiger partial charge is 0.0346 e. The van der Waals surface area contributed by atoms with Gasteiger partial charge in [-0.25, -0.2) is 0 Å². The Morgan fingerprint density at radius 1 is 1.50 bits per heavy atom. The molecule has 0 saturated carbocycles. The number of anilines is 1. The van der Waals surface area contributed by atoms with Crippen molar-refractivity contribution in [2.24, 2.45) is 0 Å². The molecule has 1 aliphatic heterocycles. The van der Waals surface area contributed by atoms with E-state index in [1.54, 1.807) is 0 Å². The van der Waals surface area contributed by atoms with E-state index in [9.17, 15) is 0 Å². The first-order valence-corrected chi connectivity index (χ1v) is 6.99. The maximum Gasteiger partial charge on any atom is 0.0346 e. The van der Waals surface area contributed by atoms with Crippen LogP contribution in [0.1, 0.15) is 18.1 Å². The fourth-order valence-corrected chi connectivity index (χ4v) is 3.10. The molecule has 0 aromatic heterocycles. The number of nitrogen functional groups attached to an aromatic ring is 1. The molecule has 0 radical (unpaired) electrons. The van der Waals surface area contributed by atoms with Crippen LogP contribution in [0.25, 0.3) is 0 Å². The van der Waals surface area contributed by atoms with Gasteiger partial charge in [0.2, 0.25) is 0 Å². The van der Waals surface area contributed by atoms with Gasteiger partial charge < -0.3 is 5.73 Å². The second kappa shape index (κ2) is 5.11. The monoisotopic (exact) mass is 236 g/mol. The van der Waals surface area contributed by atoms with Crippen LogP contribution >= 0.6 is 11.8 Å². The molecular formula is C13H20N2S. The number of thioether (sulfide) groups is 1. The largest absolute Gasteiger partial charge is 0.399 e. The molecule has 0 bridgehead atoms. The molecule has 2 nitrogen and oxygen atoms in total. The van der Waals surface area contributed by atoms with E-state index < -0.39 is 0 Å². The van der Waals surface area contributed by atoms with Gasteiger partial charge >= 0.3 is 0 Å². The Morgan fingerprint density at radius 2 is 2.31 bits per heavy atom. The number of nitrogens with zero attached hydrogens (tertiary/aromatic N) is 1. The molecular weight excluding hydrogens is 216 g/mol. The highest BCUT2D eigenvalue weighted by molar-refractivity contribution is 7.99. The predicted octanol–water partition coefficient (Wildman–Crippen LogP) is 2.51. The number of hydrogen-bond donors (Lipinski definition) is 1. The lowest BCUT2D eigenvalue weighted by Crippen LogP contribution is -2.39. The van der Waals surface area contributed by atoms with Crippen LogP contribution < -0.4 is 5.73 Å². The van der Waals surface area contributed by atoms with Gasteiger partial charge in [-0.3, -0.25) is 4.90 Å². The zero-order valence-corrected chi connectivity index (χ0v) is 10.9. The number of rotatable bonds is 2. The zero-order chi connectivity index (χ0) is 11.5. The highest BCUT2D eigenvalue weighted by Gasteiger charge is 2.18. The van der Waals surface area contributed by atoms with Crippen molar-refractivity contribution in [1.82, 2.24) is 4.90 Å². The van der Waals surface area contributed by atoms with Crippen molar-refractivity contribution in [2.45, 2.75) is 26.4 Å². The second-order valence-electron chi connectivity index (χ2n) is 4.59. The maximum absolute atomic E-state index is 5.94. The third-order valence-corrected chi connectivity index (χ3v) is 4.42. The molecule has 1 fully saturated rings. The van der Waals surface area contributed by atoms with Gasteiger partial charge in [0.05, 0.1) is 0 Å². The zero-order valence-electron chi connectivity index (χ0n) is 10.1. The molecule has 16 heavy (non-hydrogen) atoms. The molecule has 0 amide bonds. The Kier molecular flexibility index (Phi) is 3.77. The minimum absolute atomic E-state index is 0.682. The molecule has 1 aliphatic rings. The fraction of sp³-hybridized carbons (Fsp3) is 0.538. The number of benzene rings is 1. The normalized spacial score (nSPS) is 22.2. The van der Waals surface area contributed by atoms with E-state index in [1.807, 2.05) is 0 Å². The Balaban J connectivity index is 2.05. The van der Waals surface area contributed by atoms with Crippen LogP contribution in [0, 0.1) is 6.92 Å². The molecule has 0 spiro atoms. The standard InChI is InChI=1S/C13H20N2S/c1-10-3-4-12(7-13(10)14)8-15-5-6-16-9-11(15)2/h3-4,7,11H,5-6,8-9,14H2,1-2H3. The Labute approximate surface area is 102 Å². The van der Waals surface area contributed by atoms with Gasteiger partial charge in [-0.1, -0.05) is 12.1 Å². The van der Waals surface area contributed by atoms with Gasteiger partial charge in [-0.2, -0.15) is 11.8 Å². The second-order valence-corrected chi connectivity index (χ2v) is 5.74. The van der Waals surface area contributed by atoms with Crippen LogP contribution in [0.3, 0.4) is 0 Å². The Morgan fingerprint density at radius 3 is 3.00 bits per heavy atom. The molecule has 2 rings (SSSR count). The third-order valence-electron chi connectivity index (χ3n) is 3.23. The fourth-order valence-electron chi connectivity index (χ4n) is 2.02. The quantitative estimate of drug-likeness (QED) is 0.800. The van der Waals surface area contributed by atoms with E-state index in [2.05, 4.69) is 48.7 Å². The van der Waals surface area contributed by atoms with Gasteiger partial charge in [-0.15, -0.1) is 0 Å². The average molecular weight is 236 g/mol. The van der Waals surface area contributed by atoms with Gasteiger partial charge in [-0.05, 0) is 31.0 Å². The SMILES string of the molecule is Cc1ccc(CN2CCSCC2C)cc1N. The highest BCUT2D eigenvalue weighted by atomic mass is 32.2. The van der Waals surface area contributed by atoms with Crippen LogP contribution in [0.4, 0.5) is 5.69 Å². The molecule has 1 unspecified atom stereocenters. The summed E-state index contributed by atoms with van der Waals surface area (Å²) in [5.74, 6) is 2.51. The van der Waals surface area contributed by atoms with Crippen LogP contribution in [0.5, 0.6) is 0 Å². The van der Waals surface area contributed by atoms with Crippen LogP contribution in [-0.2, 0) is 6.54 Å². The van der Waals surface area contributed by atoms with E-state index in [0.29, 0.717) is 6.04 Å². The highest BCUT2D eigenvalue weighted by Crippen LogP contribution is 2.20. The van der Waals surface area contributed by atoms with Crippen molar-refractivity contribution >= 4 is 17.4 Å². The van der Waals surface area contributed by atoms with Crippen LogP contribution in [0.2, 0.25) is 0 Å². The van der Waals surface area contributed by atoms with E-state index in [0.717, 1.165) is 12.2 Å². The van der Waals surface area contributed by atoms with E-state index in [1.165, 1.54) is 29.2 Å². The molecule has 1 atom stereocenters. The average Bonchev–Trinajstić information content (AvgIpc) is 2.27. The van der Waals surface area contributed by atoms with E-state index in [4.69, 9.17) is 5.73 Å². The molecule has 2 N–H and O–H groups in total.